The highest BCUT2D eigenvalue weighted by atomic mass is 32.2. The van der Waals surface area contributed by atoms with Crippen LogP contribution in [-0.2, 0) is 0 Å². The van der Waals surface area contributed by atoms with E-state index in [0.717, 1.165) is 11.3 Å². The van der Waals surface area contributed by atoms with Crippen molar-refractivity contribution in [1.29, 1.82) is 0 Å². The van der Waals surface area contributed by atoms with Crippen LogP contribution in [0.4, 0.5) is 0 Å². The monoisotopic (exact) mass is 211 g/mol. The van der Waals surface area contributed by atoms with E-state index < -0.39 is 0 Å². The van der Waals surface area contributed by atoms with Gasteiger partial charge in [-0.05, 0) is 6.42 Å². The Balaban J connectivity index is 2.39. The van der Waals surface area contributed by atoms with Gasteiger partial charge in [-0.2, -0.15) is 11.8 Å². The first-order chi connectivity index (χ1) is 6.74. The Hall–Kier alpha value is -0.610. The average Bonchev–Trinajstić information content (AvgIpc) is 2.26. The van der Waals surface area contributed by atoms with Crippen LogP contribution in [0.2, 0.25) is 0 Å². The van der Waals surface area contributed by atoms with Gasteiger partial charge in [0.25, 0.3) is 0 Å². The van der Waals surface area contributed by atoms with E-state index in [9.17, 15) is 0 Å². The Morgan fingerprint density at radius 2 is 2.07 bits per heavy atom. The number of hydrogen-bond acceptors (Lipinski definition) is 4. The van der Waals surface area contributed by atoms with Crippen molar-refractivity contribution < 1.29 is 0 Å². The molecule has 14 heavy (non-hydrogen) atoms. The predicted molar refractivity (Wildman–Crippen MR) is 61.2 cm³/mol. The first-order valence-electron chi connectivity index (χ1n) is 4.86. The maximum atomic E-state index is 6.00. The summed E-state index contributed by atoms with van der Waals surface area (Å²) < 4.78 is 0. The van der Waals surface area contributed by atoms with Crippen LogP contribution >= 0.6 is 11.8 Å². The number of thioether (sulfide) groups is 1. The number of nitrogens with two attached hydrogens (primary N) is 1. The molecule has 1 heterocycles. The quantitative estimate of drug-likeness (QED) is 0.809. The minimum Gasteiger partial charge on any atom is -0.323 e. The number of nitrogens with zero attached hydrogens (tertiary/aromatic N) is 2. The van der Waals surface area contributed by atoms with Gasteiger partial charge in [-0.1, -0.05) is 13.8 Å². The van der Waals surface area contributed by atoms with Gasteiger partial charge in [0.2, 0.25) is 0 Å². The van der Waals surface area contributed by atoms with Crippen molar-refractivity contribution in [2.75, 3.05) is 5.75 Å². The van der Waals surface area contributed by atoms with Gasteiger partial charge in [-0.25, -0.2) is 9.97 Å². The van der Waals surface area contributed by atoms with Gasteiger partial charge in [0, 0.05) is 35.0 Å². The van der Waals surface area contributed by atoms with Crippen molar-refractivity contribution in [2.24, 2.45) is 5.73 Å². The highest BCUT2D eigenvalue weighted by Gasteiger charge is 2.08. The van der Waals surface area contributed by atoms with Gasteiger partial charge in [0.05, 0.1) is 0 Å². The summed E-state index contributed by atoms with van der Waals surface area (Å²) in [6, 6.07) is 0.0511. The minimum atomic E-state index is 0.0511. The summed E-state index contributed by atoms with van der Waals surface area (Å²) in [6.07, 6.45) is 6.28. The molecule has 2 atom stereocenters. The van der Waals surface area contributed by atoms with E-state index in [1.165, 1.54) is 12.7 Å². The van der Waals surface area contributed by atoms with E-state index in [2.05, 4.69) is 23.8 Å². The minimum absolute atomic E-state index is 0.0511. The molecule has 0 aliphatic carbocycles. The van der Waals surface area contributed by atoms with Gasteiger partial charge in [0.15, 0.2) is 0 Å². The Kier molecular flexibility index (Phi) is 4.90. The lowest BCUT2D eigenvalue weighted by Crippen LogP contribution is -2.15. The Labute approximate surface area is 89.5 Å². The molecular formula is C10H17N3S. The molecule has 2 unspecified atom stereocenters. The summed E-state index contributed by atoms with van der Waals surface area (Å²) in [5.41, 5.74) is 7.01. The van der Waals surface area contributed by atoms with Crippen LogP contribution in [0.3, 0.4) is 0 Å². The van der Waals surface area contributed by atoms with Crippen LogP contribution in [-0.4, -0.2) is 21.0 Å². The molecule has 4 heteroatoms. The highest BCUT2D eigenvalue weighted by Crippen LogP contribution is 2.19. The van der Waals surface area contributed by atoms with Gasteiger partial charge in [-0.3, -0.25) is 0 Å². The largest absolute Gasteiger partial charge is 0.323 e. The van der Waals surface area contributed by atoms with E-state index >= 15 is 0 Å². The van der Waals surface area contributed by atoms with E-state index in [4.69, 9.17) is 5.73 Å². The van der Waals surface area contributed by atoms with Crippen LogP contribution in [0, 0.1) is 0 Å². The van der Waals surface area contributed by atoms with Gasteiger partial charge in [0.1, 0.15) is 6.33 Å². The molecule has 0 aromatic carbocycles. The third-order valence-corrected chi connectivity index (χ3v) is 3.60. The van der Waals surface area contributed by atoms with E-state index in [-0.39, 0.29) is 6.04 Å². The summed E-state index contributed by atoms with van der Waals surface area (Å²) >= 11 is 1.90. The molecule has 78 valence electrons. The lowest BCUT2D eigenvalue weighted by Gasteiger charge is -2.13. The normalized spacial score (nSPS) is 15.1. The van der Waals surface area contributed by atoms with E-state index in [1.54, 1.807) is 12.4 Å². The smallest absolute Gasteiger partial charge is 0.115 e. The standard InChI is InChI=1S/C10H17N3S/c1-3-8(2)14-6-10(11)9-4-12-7-13-5-9/h4-5,7-8,10H,3,6,11H2,1-2H3. The van der Waals surface area contributed by atoms with Gasteiger partial charge in [-0.15, -0.1) is 0 Å². The number of aromatic nitrogens is 2. The zero-order chi connectivity index (χ0) is 10.4. The highest BCUT2D eigenvalue weighted by molar-refractivity contribution is 7.99. The molecule has 0 aliphatic rings. The van der Waals surface area contributed by atoms with Crippen LogP contribution in [0.1, 0.15) is 31.9 Å². The SMILES string of the molecule is CCC(C)SCC(N)c1cncnc1. The summed E-state index contributed by atoms with van der Waals surface area (Å²) in [4.78, 5) is 7.91. The van der Waals surface area contributed by atoms with Gasteiger partial charge < -0.3 is 5.73 Å². The Morgan fingerprint density at radius 3 is 2.64 bits per heavy atom. The topological polar surface area (TPSA) is 51.8 Å². The van der Waals surface area contributed by atoms with Crippen molar-refractivity contribution in [2.45, 2.75) is 31.6 Å². The summed E-state index contributed by atoms with van der Waals surface area (Å²) in [5.74, 6) is 0.933. The Morgan fingerprint density at radius 1 is 1.43 bits per heavy atom. The van der Waals surface area contributed by atoms with Crippen LogP contribution < -0.4 is 5.73 Å². The number of hydrogen-bond donors (Lipinski definition) is 1. The molecule has 3 nitrogen and oxygen atoms in total. The molecule has 0 fully saturated rings. The van der Waals surface area contributed by atoms with Crippen molar-refractivity contribution in [3.8, 4) is 0 Å². The summed E-state index contributed by atoms with van der Waals surface area (Å²) in [5, 5.41) is 0.672. The number of rotatable bonds is 5. The lowest BCUT2D eigenvalue weighted by molar-refractivity contribution is 0.806. The van der Waals surface area contributed by atoms with Crippen LogP contribution in [0.5, 0.6) is 0 Å². The molecular weight excluding hydrogens is 194 g/mol. The molecule has 1 aromatic heterocycles. The summed E-state index contributed by atoms with van der Waals surface area (Å²) in [6.45, 7) is 4.41. The molecule has 0 radical (unpaired) electrons. The molecule has 1 aromatic rings. The van der Waals surface area contributed by atoms with Gasteiger partial charge >= 0.3 is 0 Å². The third-order valence-electron chi connectivity index (χ3n) is 2.14. The second-order valence-electron chi connectivity index (χ2n) is 3.33. The molecule has 0 saturated carbocycles. The van der Waals surface area contributed by atoms with Crippen LogP contribution in [0.25, 0.3) is 0 Å². The zero-order valence-electron chi connectivity index (χ0n) is 8.68. The lowest BCUT2D eigenvalue weighted by atomic mass is 10.2. The Bertz CT molecular complexity index is 253. The van der Waals surface area contributed by atoms with Crippen molar-refractivity contribution in [3.05, 3.63) is 24.3 Å². The van der Waals surface area contributed by atoms with E-state index in [1.807, 2.05) is 11.8 Å². The molecule has 1 rings (SSSR count). The van der Waals surface area contributed by atoms with Crippen molar-refractivity contribution in [3.63, 3.8) is 0 Å². The van der Waals surface area contributed by atoms with Crippen LogP contribution in [0.15, 0.2) is 18.7 Å². The molecule has 0 bridgehead atoms. The molecule has 0 spiro atoms. The molecule has 0 amide bonds. The second-order valence-corrected chi connectivity index (χ2v) is 4.80. The third kappa shape index (κ3) is 3.64. The fraction of sp³-hybridized carbons (Fsp3) is 0.600. The first-order valence-corrected chi connectivity index (χ1v) is 5.91. The second kappa shape index (κ2) is 5.98. The zero-order valence-corrected chi connectivity index (χ0v) is 9.50. The first kappa shape index (κ1) is 11.5. The molecule has 0 aliphatic heterocycles. The maximum absolute atomic E-state index is 6.00. The van der Waals surface area contributed by atoms with Crippen molar-refractivity contribution >= 4 is 11.8 Å². The fourth-order valence-electron chi connectivity index (χ4n) is 0.984. The molecule has 2 N–H and O–H groups in total. The van der Waals surface area contributed by atoms with E-state index in [0.29, 0.717) is 5.25 Å². The fourth-order valence-corrected chi connectivity index (χ4v) is 1.95. The predicted octanol–water partition coefficient (Wildman–Crippen LogP) is 2.01. The van der Waals surface area contributed by atoms with Crippen molar-refractivity contribution in [1.82, 2.24) is 9.97 Å². The molecule has 0 saturated heterocycles. The average molecular weight is 211 g/mol. The maximum Gasteiger partial charge on any atom is 0.115 e. The summed E-state index contributed by atoms with van der Waals surface area (Å²) in [7, 11) is 0.